The van der Waals surface area contributed by atoms with Gasteiger partial charge in [0, 0.05) is 6.04 Å². The van der Waals surface area contributed by atoms with Crippen LogP contribution in [0.15, 0.2) is 0 Å². The molecule has 1 heterocycles. The van der Waals surface area contributed by atoms with Crippen molar-refractivity contribution in [2.75, 3.05) is 6.54 Å². The fourth-order valence-electron chi connectivity index (χ4n) is 1.35. The van der Waals surface area contributed by atoms with Crippen molar-refractivity contribution >= 4 is 5.91 Å². The predicted molar refractivity (Wildman–Crippen MR) is 48.9 cm³/mol. The van der Waals surface area contributed by atoms with Crippen LogP contribution in [0.2, 0.25) is 0 Å². The van der Waals surface area contributed by atoms with Crippen molar-refractivity contribution < 1.29 is 4.79 Å². The average molecular weight is 170 g/mol. The molecule has 3 nitrogen and oxygen atoms in total. The molecule has 1 rings (SSSR count). The van der Waals surface area contributed by atoms with E-state index in [4.69, 9.17) is 0 Å². The summed E-state index contributed by atoms with van der Waals surface area (Å²) in [7, 11) is 0. The molecule has 1 aliphatic rings. The molecule has 1 fully saturated rings. The molecule has 70 valence electrons. The number of carbonyl (C=O) groups is 1. The Morgan fingerprint density at radius 3 is 3.00 bits per heavy atom. The summed E-state index contributed by atoms with van der Waals surface area (Å²) in [5.74, 6) is 0.168. The Kier molecular flexibility index (Phi) is 3.53. The lowest BCUT2D eigenvalue weighted by atomic mass is 10.2. The van der Waals surface area contributed by atoms with Crippen molar-refractivity contribution in [3.05, 3.63) is 0 Å². The summed E-state index contributed by atoms with van der Waals surface area (Å²) in [5.41, 5.74) is 0. The van der Waals surface area contributed by atoms with E-state index in [1.54, 1.807) is 0 Å². The summed E-state index contributed by atoms with van der Waals surface area (Å²) >= 11 is 0. The molecule has 0 spiro atoms. The highest BCUT2D eigenvalue weighted by Gasteiger charge is 2.22. The second kappa shape index (κ2) is 4.45. The Balaban J connectivity index is 2.27. The van der Waals surface area contributed by atoms with Crippen LogP contribution in [0.4, 0.5) is 0 Å². The SMILES string of the molecule is CC[C@@H](C)NC(=O)[C@@H]1CCCN1. The predicted octanol–water partition coefficient (Wildman–Crippen LogP) is 0.653. The van der Waals surface area contributed by atoms with Gasteiger partial charge in [0.05, 0.1) is 6.04 Å². The van der Waals surface area contributed by atoms with Gasteiger partial charge in [0.25, 0.3) is 0 Å². The molecule has 0 aromatic carbocycles. The number of rotatable bonds is 3. The van der Waals surface area contributed by atoms with E-state index in [2.05, 4.69) is 17.6 Å². The Hall–Kier alpha value is -0.570. The molecule has 0 saturated carbocycles. The van der Waals surface area contributed by atoms with E-state index >= 15 is 0 Å². The summed E-state index contributed by atoms with van der Waals surface area (Å²) in [6, 6.07) is 0.374. The third kappa shape index (κ3) is 2.48. The molecule has 0 bridgehead atoms. The lowest BCUT2D eigenvalue weighted by Gasteiger charge is -2.15. The maximum atomic E-state index is 11.4. The number of amides is 1. The second-order valence-corrected chi connectivity index (χ2v) is 3.47. The molecule has 1 saturated heterocycles. The third-order valence-electron chi connectivity index (χ3n) is 2.38. The summed E-state index contributed by atoms with van der Waals surface area (Å²) in [5, 5.41) is 6.14. The maximum Gasteiger partial charge on any atom is 0.237 e. The molecule has 2 atom stereocenters. The fourth-order valence-corrected chi connectivity index (χ4v) is 1.35. The van der Waals surface area contributed by atoms with Gasteiger partial charge in [-0.05, 0) is 32.7 Å². The first kappa shape index (κ1) is 9.52. The molecule has 0 radical (unpaired) electrons. The van der Waals surface area contributed by atoms with E-state index in [0.717, 1.165) is 25.8 Å². The molecular weight excluding hydrogens is 152 g/mol. The normalized spacial score (nSPS) is 25.3. The molecule has 12 heavy (non-hydrogen) atoms. The standard InChI is InChI=1S/C9H18N2O/c1-3-7(2)11-9(12)8-5-4-6-10-8/h7-8,10H,3-6H2,1-2H3,(H,11,12)/t7-,8+/m1/s1. The van der Waals surface area contributed by atoms with Crippen molar-refractivity contribution in [3.8, 4) is 0 Å². The number of carbonyl (C=O) groups excluding carboxylic acids is 1. The van der Waals surface area contributed by atoms with Gasteiger partial charge < -0.3 is 10.6 Å². The van der Waals surface area contributed by atoms with Gasteiger partial charge in [-0.25, -0.2) is 0 Å². The van der Waals surface area contributed by atoms with Crippen molar-refractivity contribution in [2.24, 2.45) is 0 Å². The molecule has 0 aromatic heterocycles. The number of hydrogen-bond acceptors (Lipinski definition) is 2. The van der Waals surface area contributed by atoms with Crippen LogP contribution in [-0.4, -0.2) is 24.5 Å². The van der Waals surface area contributed by atoms with Crippen molar-refractivity contribution in [1.29, 1.82) is 0 Å². The van der Waals surface area contributed by atoms with Gasteiger partial charge in [-0.3, -0.25) is 4.79 Å². The van der Waals surface area contributed by atoms with Crippen LogP contribution in [0, 0.1) is 0 Å². The number of nitrogens with one attached hydrogen (secondary N) is 2. The Labute approximate surface area is 73.9 Å². The van der Waals surface area contributed by atoms with Gasteiger partial charge in [0.2, 0.25) is 5.91 Å². The highest BCUT2D eigenvalue weighted by molar-refractivity contribution is 5.82. The van der Waals surface area contributed by atoms with Gasteiger partial charge in [-0.15, -0.1) is 0 Å². The molecule has 2 N–H and O–H groups in total. The Bertz CT molecular complexity index is 153. The zero-order chi connectivity index (χ0) is 8.97. The lowest BCUT2D eigenvalue weighted by Crippen LogP contribution is -2.43. The van der Waals surface area contributed by atoms with Gasteiger partial charge in [0.1, 0.15) is 0 Å². The van der Waals surface area contributed by atoms with Crippen molar-refractivity contribution in [1.82, 2.24) is 10.6 Å². The molecular formula is C9H18N2O. The van der Waals surface area contributed by atoms with Gasteiger partial charge >= 0.3 is 0 Å². The van der Waals surface area contributed by atoms with E-state index in [9.17, 15) is 4.79 Å². The zero-order valence-corrected chi connectivity index (χ0v) is 7.89. The molecule has 0 aliphatic carbocycles. The van der Waals surface area contributed by atoms with E-state index in [1.165, 1.54) is 0 Å². The van der Waals surface area contributed by atoms with Gasteiger partial charge in [-0.2, -0.15) is 0 Å². The lowest BCUT2D eigenvalue weighted by molar-refractivity contribution is -0.123. The van der Waals surface area contributed by atoms with E-state index in [0.29, 0.717) is 6.04 Å². The highest BCUT2D eigenvalue weighted by Crippen LogP contribution is 2.05. The molecule has 3 heteroatoms. The Morgan fingerprint density at radius 1 is 1.75 bits per heavy atom. The minimum atomic E-state index is 0.0685. The topological polar surface area (TPSA) is 41.1 Å². The molecule has 1 aliphatic heterocycles. The van der Waals surface area contributed by atoms with Crippen LogP contribution in [0.3, 0.4) is 0 Å². The van der Waals surface area contributed by atoms with Crippen LogP contribution in [-0.2, 0) is 4.79 Å². The minimum absolute atomic E-state index is 0.0685. The van der Waals surface area contributed by atoms with Crippen LogP contribution in [0.25, 0.3) is 0 Å². The molecule has 1 amide bonds. The average Bonchev–Trinajstić information content (AvgIpc) is 2.56. The highest BCUT2D eigenvalue weighted by atomic mass is 16.2. The Morgan fingerprint density at radius 2 is 2.50 bits per heavy atom. The first-order valence-corrected chi connectivity index (χ1v) is 4.77. The summed E-state index contributed by atoms with van der Waals surface area (Å²) in [6.07, 6.45) is 3.11. The minimum Gasteiger partial charge on any atom is -0.352 e. The summed E-state index contributed by atoms with van der Waals surface area (Å²) in [6.45, 7) is 5.10. The second-order valence-electron chi connectivity index (χ2n) is 3.47. The molecule has 0 unspecified atom stereocenters. The first-order chi connectivity index (χ1) is 5.74. The van der Waals surface area contributed by atoms with E-state index < -0.39 is 0 Å². The summed E-state index contributed by atoms with van der Waals surface area (Å²) < 4.78 is 0. The van der Waals surface area contributed by atoms with E-state index in [-0.39, 0.29) is 11.9 Å². The monoisotopic (exact) mass is 170 g/mol. The van der Waals surface area contributed by atoms with Crippen molar-refractivity contribution in [3.63, 3.8) is 0 Å². The summed E-state index contributed by atoms with van der Waals surface area (Å²) in [4.78, 5) is 11.4. The first-order valence-electron chi connectivity index (χ1n) is 4.77. The largest absolute Gasteiger partial charge is 0.352 e. The van der Waals surface area contributed by atoms with Crippen LogP contribution < -0.4 is 10.6 Å². The maximum absolute atomic E-state index is 11.4. The number of hydrogen-bond donors (Lipinski definition) is 2. The van der Waals surface area contributed by atoms with Crippen LogP contribution in [0.5, 0.6) is 0 Å². The fraction of sp³-hybridized carbons (Fsp3) is 0.889. The smallest absolute Gasteiger partial charge is 0.237 e. The quantitative estimate of drug-likeness (QED) is 0.653. The van der Waals surface area contributed by atoms with Gasteiger partial charge in [0.15, 0.2) is 0 Å². The van der Waals surface area contributed by atoms with Crippen molar-refractivity contribution in [2.45, 2.75) is 45.2 Å². The van der Waals surface area contributed by atoms with Gasteiger partial charge in [-0.1, -0.05) is 6.92 Å². The third-order valence-corrected chi connectivity index (χ3v) is 2.38. The van der Waals surface area contributed by atoms with E-state index in [1.807, 2.05) is 6.92 Å². The molecule has 0 aromatic rings. The van der Waals surface area contributed by atoms with Crippen LogP contribution in [0.1, 0.15) is 33.1 Å². The zero-order valence-electron chi connectivity index (χ0n) is 7.89. The van der Waals surface area contributed by atoms with Crippen LogP contribution >= 0.6 is 0 Å².